The number of anilines is 3. The van der Waals surface area contributed by atoms with Gasteiger partial charge in [0, 0.05) is 44.0 Å². The van der Waals surface area contributed by atoms with Crippen molar-refractivity contribution in [2.75, 3.05) is 30.4 Å². The molecule has 1 aromatic carbocycles. The van der Waals surface area contributed by atoms with Gasteiger partial charge in [-0.2, -0.15) is 14.6 Å². The Morgan fingerprint density at radius 3 is 2.57 bits per heavy atom. The number of hydrogen-bond acceptors (Lipinski definition) is 9. The van der Waals surface area contributed by atoms with Crippen LogP contribution >= 0.6 is 0 Å². The van der Waals surface area contributed by atoms with Crippen molar-refractivity contribution in [1.82, 2.24) is 34.4 Å². The number of piperidine rings is 1. The molecule has 0 bridgehead atoms. The molecule has 11 heteroatoms. The number of carbonyl (C=O) groups excluding carboxylic acids is 1. The monoisotopic (exact) mass is 501 g/mol. The molecule has 4 heterocycles. The maximum atomic E-state index is 12.4. The summed E-state index contributed by atoms with van der Waals surface area (Å²) in [7, 11) is 1.89. The lowest BCUT2D eigenvalue weighted by Crippen LogP contribution is -2.44. The fourth-order valence-electron chi connectivity index (χ4n) is 4.21. The number of nitrogens with one attached hydrogen (secondary N) is 1. The third-order valence-corrected chi connectivity index (χ3v) is 6.08. The van der Waals surface area contributed by atoms with E-state index in [0.717, 1.165) is 24.1 Å². The molecule has 192 valence electrons. The summed E-state index contributed by atoms with van der Waals surface area (Å²) in [6, 6.07) is 13.9. The maximum absolute atomic E-state index is 12.4. The Balaban J connectivity index is 1.31. The van der Waals surface area contributed by atoms with Gasteiger partial charge in [0.25, 0.3) is 0 Å². The van der Waals surface area contributed by atoms with Crippen LogP contribution in [0, 0.1) is 0 Å². The van der Waals surface area contributed by atoms with E-state index < -0.39 is 5.60 Å². The van der Waals surface area contributed by atoms with Gasteiger partial charge < -0.3 is 15.0 Å². The predicted molar refractivity (Wildman–Crippen MR) is 141 cm³/mol. The molecule has 0 spiro atoms. The smallest absolute Gasteiger partial charge is 0.410 e. The molecule has 0 atom stereocenters. The Morgan fingerprint density at radius 1 is 1.08 bits per heavy atom. The van der Waals surface area contributed by atoms with Crippen LogP contribution in [0.1, 0.15) is 33.6 Å². The molecule has 1 amide bonds. The number of carbonyl (C=O) groups is 1. The third kappa shape index (κ3) is 5.60. The van der Waals surface area contributed by atoms with Crippen molar-refractivity contribution in [3.05, 3.63) is 55.0 Å². The Kier molecular flexibility index (Phi) is 6.60. The van der Waals surface area contributed by atoms with Crippen LogP contribution < -0.4 is 10.2 Å². The molecule has 37 heavy (non-hydrogen) atoms. The molecule has 3 aromatic heterocycles. The first kappa shape index (κ1) is 24.4. The minimum atomic E-state index is -0.500. The molecular weight excluding hydrogens is 470 g/mol. The third-order valence-electron chi connectivity index (χ3n) is 6.08. The minimum Gasteiger partial charge on any atom is -0.444 e. The highest BCUT2D eigenvalue weighted by atomic mass is 16.6. The van der Waals surface area contributed by atoms with Crippen LogP contribution in [0.4, 0.5) is 22.5 Å². The second-order valence-electron chi connectivity index (χ2n) is 10.0. The van der Waals surface area contributed by atoms with Gasteiger partial charge in [-0.3, -0.25) is 4.90 Å². The lowest BCUT2D eigenvalue weighted by molar-refractivity contribution is 0.0210. The van der Waals surface area contributed by atoms with E-state index in [2.05, 4.69) is 20.4 Å². The summed E-state index contributed by atoms with van der Waals surface area (Å²) in [6.45, 7) is 6.87. The Labute approximate surface area is 215 Å². The van der Waals surface area contributed by atoms with Crippen LogP contribution in [0.5, 0.6) is 0 Å². The lowest BCUT2D eigenvalue weighted by Gasteiger charge is -2.33. The SMILES string of the molecule is CN(c1ccnc(NC2CCN(C(=O)OC(C)(C)C)CC2)n1)c1nc(-c2ccccc2)cc2ncnn12. The van der Waals surface area contributed by atoms with E-state index in [9.17, 15) is 4.79 Å². The van der Waals surface area contributed by atoms with E-state index in [-0.39, 0.29) is 12.1 Å². The van der Waals surface area contributed by atoms with Gasteiger partial charge in [0.15, 0.2) is 5.65 Å². The molecule has 5 rings (SSSR count). The normalized spacial score (nSPS) is 14.5. The van der Waals surface area contributed by atoms with Crippen molar-refractivity contribution in [2.24, 2.45) is 0 Å². The molecule has 1 aliphatic heterocycles. The van der Waals surface area contributed by atoms with E-state index in [1.807, 2.05) is 75.2 Å². The van der Waals surface area contributed by atoms with Gasteiger partial charge in [0.2, 0.25) is 11.9 Å². The number of hydrogen-bond donors (Lipinski definition) is 1. The van der Waals surface area contributed by atoms with Crippen molar-refractivity contribution < 1.29 is 9.53 Å². The first-order valence-corrected chi connectivity index (χ1v) is 12.3. The maximum Gasteiger partial charge on any atom is 0.410 e. The van der Waals surface area contributed by atoms with Crippen molar-refractivity contribution in [3.63, 3.8) is 0 Å². The molecule has 1 fully saturated rings. The number of benzene rings is 1. The van der Waals surface area contributed by atoms with E-state index in [4.69, 9.17) is 14.7 Å². The molecule has 1 aliphatic rings. The fraction of sp³-hybridized carbons (Fsp3) is 0.385. The highest BCUT2D eigenvalue weighted by molar-refractivity contribution is 5.68. The van der Waals surface area contributed by atoms with Crippen LogP contribution in [0.25, 0.3) is 16.9 Å². The van der Waals surface area contributed by atoms with Crippen LogP contribution in [-0.4, -0.2) is 72.3 Å². The molecule has 0 aliphatic carbocycles. The van der Waals surface area contributed by atoms with Crippen molar-refractivity contribution in [2.45, 2.75) is 45.3 Å². The second-order valence-corrected chi connectivity index (χ2v) is 10.0. The molecule has 0 unspecified atom stereocenters. The molecule has 0 saturated carbocycles. The number of fused-ring (bicyclic) bond motifs is 1. The molecule has 1 N–H and O–H groups in total. The molecule has 4 aromatic rings. The van der Waals surface area contributed by atoms with E-state index in [0.29, 0.717) is 36.5 Å². The summed E-state index contributed by atoms with van der Waals surface area (Å²) in [5.74, 6) is 1.77. The number of ether oxygens (including phenoxy) is 1. The number of likely N-dealkylation sites (tertiary alicyclic amines) is 1. The summed E-state index contributed by atoms with van der Waals surface area (Å²) >= 11 is 0. The predicted octanol–water partition coefficient (Wildman–Crippen LogP) is 4.16. The van der Waals surface area contributed by atoms with Crippen molar-refractivity contribution in [1.29, 1.82) is 0 Å². The average molecular weight is 502 g/mol. The Hall–Kier alpha value is -4.28. The van der Waals surface area contributed by atoms with Gasteiger partial charge in [-0.05, 0) is 39.7 Å². The summed E-state index contributed by atoms with van der Waals surface area (Å²) in [5, 5.41) is 7.78. The van der Waals surface area contributed by atoms with Gasteiger partial charge in [-0.1, -0.05) is 30.3 Å². The zero-order valence-electron chi connectivity index (χ0n) is 21.5. The van der Waals surface area contributed by atoms with Crippen LogP contribution in [-0.2, 0) is 4.74 Å². The van der Waals surface area contributed by atoms with Gasteiger partial charge in [-0.15, -0.1) is 0 Å². The lowest BCUT2D eigenvalue weighted by atomic mass is 10.1. The number of amides is 1. The molecule has 11 nitrogen and oxygen atoms in total. The summed E-state index contributed by atoms with van der Waals surface area (Å²) in [5.41, 5.74) is 1.98. The highest BCUT2D eigenvalue weighted by Crippen LogP contribution is 2.26. The summed E-state index contributed by atoms with van der Waals surface area (Å²) in [6.07, 6.45) is 4.53. The summed E-state index contributed by atoms with van der Waals surface area (Å²) < 4.78 is 7.18. The minimum absolute atomic E-state index is 0.154. The van der Waals surface area contributed by atoms with E-state index >= 15 is 0 Å². The zero-order chi connectivity index (χ0) is 26.0. The van der Waals surface area contributed by atoms with E-state index in [1.54, 1.807) is 15.6 Å². The van der Waals surface area contributed by atoms with Crippen LogP contribution in [0.3, 0.4) is 0 Å². The molecule has 1 saturated heterocycles. The largest absolute Gasteiger partial charge is 0.444 e. The summed E-state index contributed by atoms with van der Waals surface area (Å²) in [4.78, 5) is 34.4. The second kappa shape index (κ2) is 10.00. The number of aromatic nitrogens is 6. The Bertz CT molecular complexity index is 1380. The zero-order valence-corrected chi connectivity index (χ0v) is 21.5. The number of rotatable bonds is 5. The Morgan fingerprint density at radius 2 is 1.84 bits per heavy atom. The van der Waals surface area contributed by atoms with Gasteiger partial charge in [-0.25, -0.2) is 19.7 Å². The first-order valence-electron chi connectivity index (χ1n) is 12.3. The van der Waals surface area contributed by atoms with Gasteiger partial charge in [0.1, 0.15) is 17.7 Å². The molecule has 0 radical (unpaired) electrons. The average Bonchev–Trinajstić information content (AvgIpc) is 3.37. The quantitative estimate of drug-likeness (QED) is 0.430. The van der Waals surface area contributed by atoms with Crippen LogP contribution in [0.15, 0.2) is 55.0 Å². The van der Waals surface area contributed by atoms with Crippen molar-refractivity contribution in [3.8, 4) is 11.3 Å². The standard InChI is InChI=1S/C26H31N9O2/c1-26(2,3)37-25(36)34-14-11-19(12-15-34)30-23-27-13-10-21(32-23)33(4)24-31-20(18-8-6-5-7-9-18)16-22-28-17-29-35(22)24/h5-10,13,16-17,19H,11-12,14-15H2,1-4H3,(H,27,30,32). The van der Waals surface area contributed by atoms with Gasteiger partial charge >= 0.3 is 6.09 Å². The van der Waals surface area contributed by atoms with E-state index in [1.165, 1.54) is 6.33 Å². The van der Waals surface area contributed by atoms with Crippen LogP contribution in [0.2, 0.25) is 0 Å². The number of nitrogens with zero attached hydrogens (tertiary/aromatic N) is 8. The van der Waals surface area contributed by atoms with Crippen molar-refractivity contribution >= 4 is 29.5 Å². The first-order chi connectivity index (χ1) is 17.8. The highest BCUT2D eigenvalue weighted by Gasteiger charge is 2.27. The van der Waals surface area contributed by atoms with Gasteiger partial charge in [0.05, 0.1) is 5.69 Å². The molecular formula is C26H31N9O2. The topological polar surface area (TPSA) is 114 Å². The fourth-order valence-corrected chi connectivity index (χ4v) is 4.21.